The Morgan fingerprint density at radius 3 is 2.50 bits per heavy atom. The van der Waals surface area contributed by atoms with Gasteiger partial charge in [0.05, 0.1) is 33.7 Å². The van der Waals surface area contributed by atoms with Gasteiger partial charge in [-0.25, -0.2) is 0 Å². The number of nitriles is 1. The Morgan fingerprint density at radius 2 is 1.73 bits per heavy atom. The molecule has 6 aromatic rings. The van der Waals surface area contributed by atoms with Crippen LogP contribution >= 0.6 is 0 Å². The molecule has 0 fully saturated rings. The predicted octanol–water partition coefficient (Wildman–Crippen LogP) is 6.86. The lowest BCUT2D eigenvalue weighted by Gasteiger charge is -2.24. The summed E-state index contributed by atoms with van der Waals surface area (Å²) in [5.74, 6) is 0. The second-order valence-electron chi connectivity index (χ2n) is 9.33. The van der Waals surface area contributed by atoms with Crippen LogP contribution in [0.3, 0.4) is 0 Å². The van der Waals surface area contributed by atoms with Crippen LogP contribution < -0.4 is 0 Å². The minimum Gasteiger partial charge on any atom is -0.308 e. The molecule has 144 valence electrons. The molecule has 0 bridgehead atoms. The van der Waals surface area contributed by atoms with Crippen LogP contribution in [0.15, 0.2) is 54.7 Å². The summed E-state index contributed by atoms with van der Waals surface area (Å²) in [6.07, 6.45) is 1.87. The monoisotopic (exact) mass is 387 g/mol. The number of hydrogen-bond donors (Lipinski definition) is 0. The smallest absolute Gasteiger partial charge is 0.0999 e. The third-order valence-electron chi connectivity index (χ3n) is 6.33. The van der Waals surface area contributed by atoms with Gasteiger partial charge in [-0.15, -0.1) is 0 Å². The van der Waals surface area contributed by atoms with Gasteiger partial charge >= 0.3 is 0 Å². The number of aryl methyl sites for hydroxylation is 1. The Balaban J connectivity index is 2.13. The zero-order chi connectivity index (χ0) is 20.8. The molecule has 0 atom stereocenters. The van der Waals surface area contributed by atoms with E-state index in [1.54, 1.807) is 0 Å². The average Bonchev–Trinajstić information content (AvgIpc) is 3.07. The molecule has 3 aromatic carbocycles. The molecule has 3 heterocycles. The number of aromatic nitrogens is 2. The van der Waals surface area contributed by atoms with Gasteiger partial charge < -0.3 is 4.40 Å². The summed E-state index contributed by atoms with van der Waals surface area (Å²) in [6.45, 7) is 8.95. The van der Waals surface area contributed by atoms with E-state index in [9.17, 15) is 5.26 Å². The van der Waals surface area contributed by atoms with E-state index in [0.717, 1.165) is 43.7 Å². The summed E-state index contributed by atoms with van der Waals surface area (Å²) in [5.41, 5.74) is 7.68. The maximum Gasteiger partial charge on any atom is 0.0999 e. The van der Waals surface area contributed by atoms with Crippen molar-refractivity contribution in [2.45, 2.75) is 33.1 Å². The average molecular weight is 387 g/mol. The minimum atomic E-state index is -0.0357. The van der Waals surface area contributed by atoms with Gasteiger partial charge in [0.15, 0.2) is 0 Å². The molecule has 0 radical (unpaired) electrons. The number of nitrogens with zero attached hydrogens (tertiary/aromatic N) is 3. The highest BCUT2D eigenvalue weighted by Gasteiger charge is 2.26. The van der Waals surface area contributed by atoms with E-state index in [2.05, 4.69) is 74.6 Å². The molecule has 0 saturated heterocycles. The Labute approximate surface area is 174 Å². The van der Waals surface area contributed by atoms with Gasteiger partial charge in [0.1, 0.15) is 0 Å². The Kier molecular flexibility index (Phi) is 3.15. The molecular formula is C27H21N3. The summed E-state index contributed by atoms with van der Waals surface area (Å²) in [6, 6.07) is 19.5. The van der Waals surface area contributed by atoms with Crippen molar-refractivity contribution in [2.75, 3.05) is 0 Å². The van der Waals surface area contributed by atoms with Crippen molar-refractivity contribution in [2.24, 2.45) is 0 Å². The summed E-state index contributed by atoms with van der Waals surface area (Å²) >= 11 is 0. The number of para-hydroxylation sites is 1. The molecule has 6 rings (SSSR count). The van der Waals surface area contributed by atoms with Crippen molar-refractivity contribution < 1.29 is 0 Å². The summed E-state index contributed by atoms with van der Waals surface area (Å²) in [4.78, 5) is 4.86. The third kappa shape index (κ3) is 2.01. The molecule has 0 aliphatic rings. The van der Waals surface area contributed by atoms with Gasteiger partial charge in [0.25, 0.3) is 0 Å². The molecule has 0 aliphatic carbocycles. The van der Waals surface area contributed by atoms with Gasteiger partial charge in [-0.05, 0) is 47.6 Å². The SMILES string of the molecule is Cc1cc(C(C)(C)C)c2c(c1)c1nccc3cc(C#N)c4c5ccccc5n2c4c31. The molecule has 0 spiro atoms. The van der Waals surface area contributed by atoms with Crippen molar-refractivity contribution in [3.05, 3.63) is 71.4 Å². The lowest BCUT2D eigenvalue weighted by molar-refractivity contribution is 0.594. The summed E-state index contributed by atoms with van der Waals surface area (Å²) < 4.78 is 2.39. The van der Waals surface area contributed by atoms with Gasteiger partial charge in [0.2, 0.25) is 0 Å². The highest BCUT2D eigenvalue weighted by Crippen LogP contribution is 2.44. The number of hydrogen-bond acceptors (Lipinski definition) is 2. The fourth-order valence-electron chi connectivity index (χ4n) is 5.12. The van der Waals surface area contributed by atoms with Crippen molar-refractivity contribution in [1.29, 1.82) is 5.26 Å². The first kappa shape index (κ1) is 17.2. The van der Waals surface area contributed by atoms with E-state index in [1.807, 2.05) is 18.3 Å². The van der Waals surface area contributed by atoms with Crippen LogP contribution in [0.1, 0.15) is 37.5 Å². The Hall–Kier alpha value is -3.64. The highest BCUT2D eigenvalue weighted by atomic mass is 14.9. The van der Waals surface area contributed by atoms with Gasteiger partial charge in [-0.3, -0.25) is 4.98 Å². The first-order chi connectivity index (χ1) is 14.4. The second-order valence-corrected chi connectivity index (χ2v) is 9.33. The molecule has 3 heteroatoms. The van der Waals surface area contributed by atoms with E-state index in [0.29, 0.717) is 0 Å². The maximum atomic E-state index is 9.99. The van der Waals surface area contributed by atoms with E-state index in [1.165, 1.54) is 22.0 Å². The molecule has 3 nitrogen and oxygen atoms in total. The molecule has 3 aromatic heterocycles. The van der Waals surface area contributed by atoms with Gasteiger partial charge in [-0.2, -0.15) is 5.26 Å². The molecule has 0 amide bonds. The van der Waals surface area contributed by atoms with Crippen LogP contribution in [0.4, 0.5) is 0 Å². The van der Waals surface area contributed by atoms with Gasteiger partial charge in [0, 0.05) is 27.7 Å². The number of rotatable bonds is 0. The lowest BCUT2D eigenvalue weighted by atomic mass is 9.83. The topological polar surface area (TPSA) is 41.1 Å². The van der Waals surface area contributed by atoms with Crippen LogP contribution in [0.5, 0.6) is 0 Å². The van der Waals surface area contributed by atoms with E-state index < -0.39 is 0 Å². The Bertz CT molecular complexity index is 1690. The zero-order valence-corrected chi connectivity index (χ0v) is 17.5. The molecule has 0 N–H and O–H groups in total. The number of pyridine rings is 2. The molecule has 30 heavy (non-hydrogen) atoms. The molecule has 0 unspecified atom stereocenters. The maximum absolute atomic E-state index is 9.99. The quantitative estimate of drug-likeness (QED) is 0.211. The van der Waals surface area contributed by atoms with Crippen molar-refractivity contribution in [1.82, 2.24) is 9.38 Å². The highest BCUT2D eigenvalue weighted by molar-refractivity contribution is 6.29. The largest absolute Gasteiger partial charge is 0.308 e. The number of fused-ring (bicyclic) bond motifs is 6. The molecular weight excluding hydrogens is 366 g/mol. The third-order valence-corrected chi connectivity index (χ3v) is 6.33. The fraction of sp³-hybridized carbons (Fsp3) is 0.185. The van der Waals surface area contributed by atoms with Crippen LogP contribution in [0.2, 0.25) is 0 Å². The van der Waals surface area contributed by atoms with Gasteiger partial charge in [-0.1, -0.05) is 50.6 Å². The predicted molar refractivity (Wildman–Crippen MR) is 125 cm³/mol. The van der Waals surface area contributed by atoms with E-state index in [-0.39, 0.29) is 5.41 Å². The fourth-order valence-corrected chi connectivity index (χ4v) is 5.12. The Morgan fingerprint density at radius 1 is 0.933 bits per heavy atom. The molecule has 0 aliphatic heterocycles. The summed E-state index contributed by atoms with van der Waals surface area (Å²) in [5, 5.41) is 15.5. The van der Waals surface area contributed by atoms with Crippen LogP contribution in [0, 0.1) is 18.3 Å². The van der Waals surface area contributed by atoms with Crippen LogP contribution in [-0.4, -0.2) is 9.38 Å². The zero-order valence-electron chi connectivity index (χ0n) is 17.5. The second kappa shape index (κ2) is 5.49. The van der Waals surface area contributed by atoms with Crippen LogP contribution in [-0.2, 0) is 5.41 Å². The molecule has 0 saturated carbocycles. The van der Waals surface area contributed by atoms with Crippen molar-refractivity contribution in [3.63, 3.8) is 0 Å². The summed E-state index contributed by atoms with van der Waals surface area (Å²) in [7, 11) is 0. The van der Waals surface area contributed by atoms with E-state index >= 15 is 0 Å². The lowest BCUT2D eigenvalue weighted by Crippen LogP contribution is -2.14. The first-order valence-electron chi connectivity index (χ1n) is 10.3. The normalized spacial score (nSPS) is 12.6. The first-order valence-corrected chi connectivity index (χ1v) is 10.3. The van der Waals surface area contributed by atoms with Crippen molar-refractivity contribution >= 4 is 49.0 Å². The van der Waals surface area contributed by atoms with Crippen LogP contribution in [0.25, 0.3) is 49.0 Å². The number of benzene rings is 3. The van der Waals surface area contributed by atoms with Crippen molar-refractivity contribution in [3.8, 4) is 6.07 Å². The minimum absolute atomic E-state index is 0.0357. The standard InChI is InChI=1S/C27H21N3/c1-15-11-19-24-23-16(9-10-29-24)13-17(14-28)22-18-7-5-6-8-21(18)30(26(22)23)25(19)20(12-15)27(2,3)4/h5-13H,1-4H3. The van der Waals surface area contributed by atoms with E-state index in [4.69, 9.17) is 4.98 Å².